The van der Waals surface area contributed by atoms with E-state index in [1.807, 2.05) is 6.08 Å². The summed E-state index contributed by atoms with van der Waals surface area (Å²) in [5, 5.41) is 11.6. The molecule has 3 rings (SSSR count). The lowest BCUT2D eigenvalue weighted by atomic mass is 9.49. The number of rotatable bonds is 2. The van der Waals surface area contributed by atoms with Crippen LogP contribution in [0.5, 0.6) is 0 Å². The Kier molecular flexibility index (Phi) is 5.75. The van der Waals surface area contributed by atoms with E-state index in [-0.39, 0.29) is 5.41 Å². The first-order chi connectivity index (χ1) is 12.7. The van der Waals surface area contributed by atoms with Gasteiger partial charge >= 0.3 is 0 Å². The molecule has 3 aliphatic rings. The summed E-state index contributed by atoms with van der Waals surface area (Å²) in [6, 6.07) is 0. The van der Waals surface area contributed by atoms with Crippen molar-refractivity contribution in [2.24, 2.45) is 28.6 Å². The molecule has 0 unspecified atom stereocenters. The highest BCUT2D eigenvalue weighted by molar-refractivity contribution is 5.84. The normalized spacial score (nSPS) is 43.9. The molecule has 0 amide bonds. The molecule has 0 aromatic carbocycles. The van der Waals surface area contributed by atoms with Crippen LogP contribution in [0.25, 0.3) is 0 Å². The van der Waals surface area contributed by atoms with Crippen molar-refractivity contribution in [3.63, 3.8) is 0 Å². The van der Waals surface area contributed by atoms with Crippen molar-refractivity contribution >= 4 is 5.97 Å². The summed E-state index contributed by atoms with van der Waals surface area (Å²) in [4.78, 5) is 11.6. The molecule has 0 N–H and O–H groups in total. The second-order valence-corrected chi connectivity index (χ2v) is 10.2. The van der Waals surface area contributed by atoms with Crippen LogP contribution in [-0.4, -0.2) is 5.97 Å². The van der Waals surface area contributed by atoms with Gasteiger partial charge in [0.15, 0.2) is 0 Å². The Hall–Kier alpha value is -1.31. The van der Waals surface area contributed by atoms with E-state index in [4.69, 9.17) is 0 Å². The monoisotopic (exact) mass is 369 g/mol. The Morgan fingerprint density at radius 1 is 1.15 bits per heavy atom. The van der Waals surface area contributed by atoms with Crippen molar-refractivity contribution in [1.29, 1.82) is 0 Å². The maximum Gasteiger partial charge on any atom is 0.0671 e. The van der Waals surface area contributed by atoms with Crippen LogP contribution in [0.3, 0.4) is 0 Å². The zero-order valence-electron chi connectivity index (χ0n) is 17.8. The average molecular weight is 370 g/mol. The minimum absolute atomic E-state index is 0.181. The quantitative estimate of drug-likeness (QED) is 0.595. The minimum atomic E-state index is -0.983. The van der Waals surface area contributed by atoms with Gasteiger partial charge < -0.3 is 9.90 Å². The highest BCUT2D eigenvalue weighted by atomic mass is 16.4. The summed E-state index contributed by atoms with van der Waals surface area (Å²) in [6.07, 6.45) is 13.9. The van der Waals surface area contributed by atoms with Gasteiger partial charge in [0.05, 0.1) is 5.97 Å². The van der Waals surface area contributed by atoms with Gasteiger partial charge in [0.2, 0.25) is 0 Å². The number of carboxylic acid groups (broad SMARTS) is 1. The van der Waals surface area contributed by atoms with Crippen LogP contribution in [0.4, 0.5) is 0 Å². The van der Waals surface area contributed by atoms with Gasteiger partial charge in [0.1, 0.15) is 0 Å². The molecule has 0 bridgehead atoms. The number of carbonyl (C=O) groups excluding carboxylic acids is 1. The third kappa shape index (κ3) is 3.82. The Morgan fingerprint density at radius 2 is 1.89 bits per heavy atom. The zero-order chi connectivity index (χ0) is 19.8. The third-order valence-corrected chi connectivity index (χ3v) is 8.43. The molecule has 0 radical (unpaired) electrons. The number of carbonyl (C=O) groups is 1. The van der Waals surface area contributed by atoms with Crippen LogP contribution in [0, 0.1) is 28.6 Å². The number of carboxylic acids is 1. The van der Waals surface area contributed by atoms with E-state index in [2.05, 4.69) is 40.3 Å². The molecule has 0 aromatic rings. The second kappa shape index (κ2) is 7.60. The summed E-state index contributed by atoms with van der Waals surface area (Å²) >= 11 is 0. The largest absolute Gasteiger partial charge is 0.545 e. The second-order valence-electron chi connectivity index (χ2n) is 10.2. The molecule has 5 atom stereocenters. The van der Waals surface area contributed by atoms with E-state index in [9.17, 15) is 9.90 Å². The molecule has 2 fully saturated rings. The number of hydrogen-bond acceptors (Lipinski definition) is 2. The first-order valence-corrected chi connectivity index (χ1v) is 10.9. The number of allylic oxidation sites excluding steroid dienone is 4. The van der Waals surface area contributed by atoms with Gasteiger partial charge in [-0.2, -0.15) is 0 Å². The molecule has 0 aromatic heterocycles. The van der Waals surface area contributed by atoms with E-state index in [0.717, 1.165) is 25.2 Å². The van der Waals surface area contributed by atoms with E-state index < -0.39 is 5.97 Å². The minimum Gasteiger partial charge on any atom is -0.545 e. The molecule has 2 nitrogen and oxygen atoms in total. The van der Waals surface area contributed by atoms with Crippen molar-refractivity contribution in [2.45, 2.75) is 85.5 Å². The Bertz CT molecular complexity index is 670. The molecule has 2 heteroatoms. The highest BCUT2D eigenvalue weighted by Gasteiger charge is 2.57. The van der Waals surface area contributed by atoms with Crippen LogP contribution in [0.1, 0.15) is 85.5 Å². The summed E-state index contributed by atoms with van der Waals surface area (Å²) < 4.78 is 0. The molecule has 2 saturated carbocycles. The van der Waals surface area contributed by atoms with E-state index in [1.165, 1.54) is 43.3 Å². The average Bonchev–Trinajstić information content (AvgIpc) is 2.92. The Morgan fingerprint density at radius 3 is 2.56 bits per heavy atom. The number of aliphatic carboxylic acids is 1. The van der Waals surface area contributed by atoms with Crippen LogP contribution < -0.4 is 5.11 Å². The van der Waals surface area contributed by atoms with Crippen LogP contribution in [-0.2, 0) is 4.79 Å². The van der Waals surface area contributed by atoms with Gasteiger partial charge in [-0.1, -0.05) is 43.7 Å². The lowest BCUT2D eigenvalue weighted by Gasteiger charge is -2.55. The van der Waals surface area contributed by atoms with Gasteiger partial charge in [-0.3, -0.25) is 0 Å². The maximum atomic E-state index is 11.6. The smallest absolute Gasteiger partial charge is 0.0671 e. The van der Waals surface area contributed by atoms with Crippen LogP contribution in [0.2, 0.25) is 0 Å². The molecular formula is C25H37O2-. The van der Waals surface area contributed by atoms with Gasteiger partial charge in [-0.25, -0.2) is 0 Å². The van der Waals surface area contributed by atoms with Crippen molar-refractivity contribution in [3.05, 3.63) is 35.5 Å². The number of fused-ring (bicyclic) bond motifs is 3. The SMILES string of the molecule is C=C(C)[C@H]1CC[C@]2(C)[C@@H]1CC[C@]1(C)C/C=C(\C(=O)[O-])CC/C=C(\C)CC[C@H]12. The van der Waals surface area contributed by atoms with E-state index >= 15 is 0 Å². The predicted molar refractivity (Wildman–Crippen MR) is 110 cm³/mol. The van der Waals surface area contributed by atoms with Crippen LogP contribution >= 0.6 is 0 Å². The van der Waals surface area contributed by atoms with Crippen molar-refractivity contribution < 1.29 is 9.90 Å². The van der Waals surface area contributed by atoms with E-state index in [0.29, 0.717) is 29.2 Å². The summed E-state index contributed by atoms with van der Waals surface area (Å²) in [7, 11) is 0. The van der Waals surface area contributed by atoms with Gasteiger partial charge in [-0.15, -0.1) is 0 Å². The topological polar surface area (TPSA) is 40.1 Å². The fraction of sp³-hybridized carbons (Fsp3) is 0.720. The molecule has 0 aliphatic heterocycles. The van der Waals surface area contributed by atoms with Gasteiger partial charge in [0, 0.05) is 0 Å². The maximum absolute atomic E-state index is 11.6. The Labute approximate surface area is 165 Å². The summed E-state index contributed by atoms with van der Waals surface area (Å²) in [5.74, 6) is 1.06. The van der Waals surface area contributed by atoms with Crippen molar-refractivity contribution in [1.82, 2.24) is 0 Å². The lowest BCUT2D eigenvalue weighted by molar-refractivity contribution is -0.299. The summed E-state index contributed by atoms with van der Waals surface area (Å²) in [5.41, 5.74) is 3.80. The van der Waals surface area contributed by atoms with Gasteiger partial charge in [-0.05, 0) is 106 Å². The lowest BCUT2D eigenvalue weighted by Crippen LogP contribution is -2.47. The van der Waals surface area contributed by atoms with Crippen LogP contribution in [0.15, 0.2) is 35.5 Å². The van der Waals surface area contributed by atoms with Crippen molar-refractivity contribution in [3.8, 4) is 0 Å². The first kappa shape index (κ1) is 20.4. The molecule has 27 heavy (non-hydrogen) atoms. The fourth-order valence-electron chi connectivity index (χ4n) is 6.84. The van der Waals surface area contributed by atoms with E-state index in [1.54, 1.807) is 0 Å². The zero-order valence-corrected chi connectivity index (χ0v) is 17.8. The standard InChI is InChI=1S/C25H38O2/c1-17(2)20-12-16-25(5)21(20)13-15-24(4)14-11-19(23(26)27)8-6-7-18(3)9-10-22(24)25/h7,11,20-22H,1,6,8-10,12-16H2,2-5H3,(H,26,27)/p-1/b18-7+,19-11-/t20-,21-,22-,24+,25-/m1/s1. The Balaban J connectivity index is 1.97. The summed E-state index contributed by atoms with van der Waals surface area (Å²) in [6.45, 7) is 13.7. The highest BCUT2D eigenvalue weighted by Crippen LogP contribution is 2.65. The van der Waals surface area contributed by atoms with Gasteiger partial charge in [0.25, 0.3) is 0 Å². The van der Waals surface area contributed by atoms with Crippen molar-refractivity contribution in [2.75, 3.05) is 0 Å². The molecule has 0 spiro atoms. The predicted octanol–water partition coefficient (Wildman–Crippen LogP) is 5.60. The molecule has 3 aliphatic carbocycles. The molecule has 0 saturated heterocycles. The fourth-order valence-corrected chi connectivity index (χ4v) is 6.84. The third-order valence-electron chi connectivity index (χ3n) is 8.43. The first-order valence-electron chi connectivity index (χ1n) is 10.9. The molecule has 0 heterocycles. The molecular weight excluding hydrogens is 332 g/mol. The molecule has 150 valence electrons. The number of hydrogen-bond donors (Lipinski definition) is 0.